The predicted octanol–water partition coefficient (Wildman–Crippen LogP) is 3.02. The van der Waals surface area contributed by atoms with Gasteiger partial charge in [0.25, 0.3) is 0 Å². The number of halogens is 4. The number of anilines is 1. The Balaban J connectivity index is 2.74. The van der Waals surface area contributed by atoms with Crippen LogP contribution in [0.1, 0.15) is 13.3 Å². The smallest absolute Gasteiger partial charge is 0.405 e. The first-order valence-corrected chi connectivity index (χ1v) is 6.07. The van der Waals surface area contributed by atoms with Crippen LogP contribution in [0.4, 0.5) is 18.9 Å². The third-order valence-electron chi connectivity index (χ3n) is 1.95. The first-order valence-electron chi connectivity index (χ1n) is 5.28. The zero-order valence-corrected chi connectivity index (χ0v) is 11.5. The Morgan fingerprint density at radius 3 is 2.63 bits per heavy atom. The summed E-state index contributed by atoms with van der Waals surface area (Å²) in [7, 11) is 0. The van der Waals surface area contributed by atoms with Gasteiger partial charge in [-0.25, -0.2) is 0 Å². The fourth-order valence-corrected chi connectivity index (χ4v) is 1.75. The van der Waals surface area contributed by atoms with Crippen LogP contribution in [0, 0.1) is 0 Å². The number of ether oxygens (including phenoxy) is 1. The van der Waals surface area contributed by atoms with Gasteiger partial charge in [0, 0.05) is 18.2 Å². The molecule has 1 aromatic rings. The molecule has 8 heteroatoms. The topological polar surface area (TPSA) is 64.4 Å². The quantitative estimate of drug-likeness (QED) is 0.885. The summed E-state index contributed by atoms with van der Waals surface area (Å²) in [6, 6.07) is 3.45. The van der Waals surface area contributed by atoms with Crippen molar-refractivity contribution in [3.05, 3.63) is 22.7 Å². The van der Waals surface area contributed by atoms with Crippen molar-refractivity contribution in [2.24, 2.45) is 5.73 Å². The third-order valence-corrected chi connectivity index (χ3v) is 2.57. The molecule has 0 saturated carbocycles. The summed E-state index contributed by atoms with van der Waals surface area (Å²) in [6.45, 7) is 1.68. The molecule has 1 rings (SSSR count). The van der Waals surface area contributed by atoms with E-state index in [1.54, 1.807) is 6.92 Å². The number of amides is 1. The van der Waals surface area contributed by atoms with Gasteiger partial charge in [0.2, 0.25) is 5.91 Å². The lowest BCUT2D eigenvalue weighted by Crippen LogP contribution is -2.24. The molecule has 0 saturated heterocycles. The molecule has 4 nitrogen and oxygen atoms in total. The van der Waals surface area contributed by atoms with Crippen molar-refractivity contribution in [2.45, 2.75) is 25.7 Å². The number of alkyl halides is 3. The molecule has 0 aliphatic heterocycles. The minimum Gasteiger partial charge on any atom is -0.405 e. The van der Waals surface area contributed by atoms with E-state index < -0.39 is 6.36 Å². The number of nitrogens with one attached hydrogen (secondary N) is 1. The first-order chi connectivity index (χ1) is 8.67. The molecule has 0 aromatic heterocycles. The highest BCUT2D eigenvalue weighted by Gasteiger charge is 2.31. The highest BCUT2D eigenvalue weighted by atomic mass is 79.9. The van der Waals surface area contributed by atoms with E-state index in [-0.39, 0.29) is 28.6 Å². The van der Waals surface area contributed by atoms with E-state index in [9.17, 15) is 18.0 Å². The van der Waals surface area contributed by atoms with Crippen molar-refractivity contribution in [3.8, 4) is 5.75 Å². The fraction of sp³-hybridized carbons (Fsp3) is 0.364. The Bertz CT molecular complexity index is 464. The van der Waals surface area contributed by atoms with Crippen molar-refractivity contribution < 1.29 is 22.7 Å². The van der Waals surface area contributed by atoms with Gasteiger partial charge in [-0.1, -0.05) is 0 Å². The molecular formula is C11H12BrF3N2O2. The second kappa shape index (κ2) is 6.25. The Morgan fingerprint density at radius 1 is 1.53 bits per heavy atom. The Morgan fingerprint density at radius 2 is 2.16 bits per heavy atom. The maximum Gasteiger partial charge on any atom is 0.573 e. The van der Waals surface area contributed by atoms with Crippen molar-refractivity contribution in [3.63, 3.8) is 0 Å². The lowest BCUT2D eigenvalue weighted by atomic mass is 10.2. The summed E-state index contributed by atoms with van der Waals surface area (Å²) >= 11 is 2.94. The molecule has 0 heterocycles. The maximum absolute atomic E-state index is 12.0. The number of hydrogen-bond acceptors (Lipinski definition) is 3. The first kappa shape index (κ1) is 15.8. The molecule has 106 valence electrons. The summed E-state index contributed by atoms with van der Waals surface area (Å²) in [5.41, 5.74) is 5.81. The number of nitrogens with two attached hydrogens (primary N) is 1. The average molecular weight is 341 g/mol. The summed E-state index contributed by atoms with van der Waals surface area (Å²) < 4.78 is 40.0. The third kappa shape index (κ3) is 5.93. The zero-order valence-electron chi connectivity index (χ0n) is 9.92. The minimum atomic E-state index is -4.76. The second-order valence-electron chi connectivity index (χ2n) is 3.92. The molecule has 0 aliphatic rings. The molecule has 1 atom stereocenters. The van der Waals surface area contributed by atoms with Gasteiger partial charge in [-0.3, -0.25) is 4.79 Å². The van der Waals surface area contributed by atoms with Gasteiger partial charge in [-0.15, -0.1) is 13.2 Å². The minimum absolute atomic E-state index is 0.0865. The number of benzene rings is 1. The summed E-state index contributed by atoms with van der Waals surface area (Å²) in [4.78, 5) is 11.4. The van der Waals surface area contributed by atoms with Crippen LogP contribution in [0.2, 0.25) is 0 Å². The van der Waals surface area contributed by atoms with Gasteiger partial charge in [0.05, 0.1) is 4.47 Å². The van der Waals surface area contributed by atoms with Crippen LogP contribution in [-0.4, -0.2) is 18.3 Å². The monoisotopic (exact) mass is 340 g/mol. The number of carbonyl (C=O) groups excluding carboxylic acids is 1. The Labute approximate surface area is 116 Å². The molecule has 0 fully saturated rings. The summed E-state index contributed by atoms with van der Waals surface area (Å²) in [5.74, 6) is -0.691. The van der Waals surface area contributed by atoms with Crippen molar-refractivity contribution in [2.75, 3.05) is 5.32 Å². The molecule has 0 bridgehead atoms. The Hall–Kier alpha value is -1.28. The second-order valence-corrected chi connectivity index (χ2v) is 4.78. The molecule has 3 N–H and O–H groups in total. The van der Waals surface area contributed by atoms with E-state index in [2.05, 4.69) is 26.0 Å². The van der Waals surface area contributed by atoms with Crippen LogP contribution >= 0.6 is 15.9 Å². The molecule has 1 amide bonds. The van der Waals surface area contributed by atoms with Crippen LogP contribution in [0.25, 0.3) is 0 Å². The van der Waals surface area contributed by atoms with Crippen molar-refractivity contribution in [1.29, 1.82) is 0 Å². The number of rotatable bonds is 4. The van der Waals surface area contributed by atoms with Crippen LogP contribution in [-0.2, 0) is 4.79 Å². The molecule has 0 spiro atoms. The lowest BCUT2D eigenvalue weighted by Gasteiger charge is -2.12. The highest BCUT2D eigenvalue weighted by molar-refractivity contribution is 9.10. The number of carbonyl (C=O) groups is 1. The van der Waals surface area contributed by atoms with E-state index >= 15 is 0 Å². The van der Waals surface area contributed by atoms with Crippen LogP contribution < -0.4 is 15.8 Å². The highest BCUT2D eigenvalue weighted by Crippen LogP contribution is 2.32. The van der Waals surface area contributed by atoms with Crippen molar-refractivity contribution in [1.82, 2.24) is 0 Å². The molecule has 19 heavy (non-hydrogen) atoms. The fourth-order valence-electron chi connectivity index (χ4n) is 1.29. The zero-order chi connectivity index (χ0) is 14.6. The standard InChI is InChI=1S/C11H12BrF3N2O2/c1-6(16)4-10(18)17-7-2-3-9(8(12)5-7)19-11(13,14)15/h2-3,5-6H,4,16H2,1H3,(H,17,18). The van der Waals surface area contributed by atoms with Gasteiger partial charge in [0.1, 0.15) is 5.75 Å². The van der Waals surface area contributed by atoms with Gasteiger partial charge < -0.3 is 15.8 Å². The van der Waals surface area contributed by atoms with Crippen LogP contribution in [0.3, 0.4) is 0 Å². The van der Waals surface area contributed by atoms with E-state index in [0.717, 1.165) is 6.07 Å². The predicted molar refractivity (Wildman–Crippen MR) is 67.7 cm³/mol. The van der Waals surface area contributed by atoms with Gasteiger partial charge >= 0.3 is 6.36 Å². The normalized spacial score (nSPS) is 12.9. The molecule has 0 aliphatic carbocycles. The Kier molecular flexibility index (Phi) is 5.19. The van der Waals surface area contributed by atoms with E-state index in [1.807, 2.05) is 0 Å². The number of hydrogen-bond donors (Lipinski definition) is 2. The lowest BCUT2D eigenvalue weighted by molar-refractivity contribution is -0.274. The molecule has 1 unspecified atom stereocenters. The van der Waals surface area contributed by atoms with E-state index in [0.29, 0.717) is 5.69 Å². The van der Waals surface area contributed by atoms with Gasteiger partial charge in [-0.2, -0.15) is 0 Å². The van der Waals surface area contributed by atoms with E-state index in [4.69, 9.17) is 5.73 Å². The SMILES string of the molecule is CC(N)CC(=O)Nc1ccc(OC(F)(F)F)c(Br)c1. The summed E-state index contributed by atoms with van der Waals surface area (Å²) in [6.07, 6.45) is -4.64. The largest absolute Gasteiger partial charge is 0.573 e. The van der Waals surface area contributed by atoms with Crippen molar-refractivity contribution >= 4 is 27.5 Å². The van der Waals surface area contributed by atoms with Gasteiger partial charge in [-0.05, 0) is 41.1 Å². The maximum atomic E-state index is 12.0. The molecule has 0 radical (unpaired) electrons. The molecule has 1 aromatic carbocycles. The summed E-state index contributed by atoms with van der Waals surface area (Å²) in [5, 5.41) is 2.52. The van der Waals surface area contributed by atoms with Crippen LogP contribution in [0.15, 0.2) is 22.7 Å². The van der Waals surface area contributed by atoms with Crippen LogP contribution in [0.5, 0.6) is 5.75 Å². The molecular weight excluding hydrogens is 329 g/mol. The van der Waals surface area contributed by atoms with Gasteiger partial charge in [0.15, 0.2) is 0 Å². The average Bonchev–Trinajstić information content (AvgIpc) is 2.19. The van der Waals surface area contributed by atoms with E-state index in [1.165, 1.54) is 12.1 Å².